The van der Waals surface area contributed by atoms with Crippen molar-refractivity contribution < 1.29 is 4.39 Å². The van der Waals surface area contributed by atoms with Gasteiger partial charge >= 0.3 is 0 Å². The zero-order valence-corrected chi connectivity index (χ0v) is 12.5. The first kappa shape index (κ1) is 13.9. The molecule has 2 heterocycles. The number of aromatic nitrogens is 2. The molecule has 3 nitrogen and oxygen atoms in total. The van der Waals surface area contributed by atoms with Gasteiger partial charge in [-0.2, -0.15) is 12.6 Å². The third-order valence-corrected chi connectivity index (χ3v) is 4.19. The van der Waals surface area contributed by atoms with Gasteiger partial charge in [0, 0.05) is 25.6 Å². The zero-order valence-electron chi connectivity index (χ0n) is 11.6. The van der Waals surface area contributed by atoms with Crippen molar-refractivity contribution in [2.75, 3.05) is 25.4 Å². The van der Waals surface area contributed by atoms with Crippen LogP contribution in [0, 0.1) is 5.82 Å². The second-order valence-electron chi connectivity index (χ2n) is 5.34. The smallest absolute Gasteiger partial charge is 0.125 e. The summed E-state index contributed by atoms with van der Waals surface area (Å²) in [6, 6.07) is 4.87. The molecule has 0 radical (unpaired) electrons. The molecule has 108 valence electrons. The van der Waals surface area contributed by atoms with Gasteiger partial charge in [0.25, 0.3) is 0 Å². The Balaban J connectivity index is 1.87. The molecule has 0 amide bonds. The van der Waals surface area contributed by atoms with E-state index in [1.807, 2.05) is 6.07 Å². The number of imidazole rings is 1. The summed E-state index contributed by atoms with van der Waals surface area (Å²) in [4.78, 5) is 7.05. The average molecular weight is 293 g/mol. The van der Waals surface area contributed by atoms with Crippen LogP contribution in [0.25, 0.3) is 11.0 Å². The van der Waals surface area contributed by atoms with Crippen molar-refractivity contribution in [1.82, 2.24) is 14.5 Å². The van der Waals surface area contributed by atoms with Crippen LogP contribution in [0.2, 0.25) is 0 Å². The summed E-state index contributed by atoms with van der Waals surface area (Å²) in [6.45, 7) is 4.36. The van der Waals surface area contributed by atoms with Gasteiger partial charge < -0.3 is 9.47 Å². The molecular formula is C15H20FN3S. The highest BCUT2D eigenvalue weighted by molar-refractivity contribution is 7.80. The average Bonchev–Trinajstić information content (AvgIpc) is 3.04. The minimum atomic E-state index is -0.223. The molecule has 20 heavy (non-hydrogen) atoms. The summed E-state index contributed by atoms with van der Waals surface area (Å²) in [5.41, 5.74) is 1.78. The van der Waals surface area contributed by atoms with E-state index in [-0.39, 0.29) is 5.82 Å². The molecule has 1 aliphatic heterocycles. The van der Waals surface area contributed by atoms with Crippen LogP contribution in [-0.4, -0.2) is 39.8 Å². The lowest BCUT2D eigenvalue weighted by Crippen LogP contribution is -2.24. The predicted octanol–water partition coefficient (Wildman–Crippen LogP) is 2.74. The van der Waals surface area contributed by atoms with E-state index in [4.69, 9.17) is 0 Å². The van der Waals surface area contributed by atoms with Crippen LogP contribution in [0.1, 0.15) is 18.7 Å². The number of fused-ring (bicyclic) bond motifs is 1. The molecule has 0 spiro atoms. The molecule has 5 heteroatoms. The molecule has 2 aromatic rings. The molecule has 0 unspecified atom stereocenters. The molecule has 0 atom stereocenters. The predicted molar refractivity (Wildman–Crippen MR) is 82.9 cm³/mol. The summed E-state index contributed by atoms with van der Waals surface area (Å²) in [6.07, 6.45) is 3.43. The third-order valence-electron chi connectivity index (χ3n) is 3.96. The normalized spacial score (nSPS) is 16.3. The van der Waals surface area contributed by atoms with Gasteiger partial charge in [0.1, 0.15) is 11.6 Å². The maximum atomic E-state index is 13.3. The van der Waals surface area contributed by atoms with Gasteiger partial charge in [-0.15, -0.1) is 0 Å². The van der Waals surface area contributed by atoms with E-state index in [0.717, 1.165) is 42.1 Å². The lowest BCUT2D eigenvalue weighted by atomic mass is 10.3. The number of hydrogen-bond donors (Lipinski definition) is 1. The number of thiol groups is 1. The lowest BCUT2D eigenvalue weighted by Gasteiger charge is -2.16. The third kappa shape index (κ3) is 2.83. The van der Waals surface area contributed by atoms with Crippen LogP contribution in [-0.2, 0) is 13.0 Å². The van der Waals surface area contributed by atoms with Gasteiger partial charge in [0.2, 0.25) is 0 Å². The molecule has 0 bridgehead atoms. The van der Waals surface area contributed by atoms with Crippen molar-refractivity contribution in [3.8, 4) is 0 Å². The Morgan fingerprint density at radius 3 is 2.75 bits per heavy atom. The highest BCUT2D eigenvalue weighted by Crippen LogP contribution is 2.19. The van der Waals surface area contributed by atoms with Gasteiger partial charge in [0.05, 0.1) is 11.0 Å². The van der Waals surface area contributed by atoms with Crippen LogP contribution < -0.4 is 0 Å². The largest absolute Gasteiger partial charge is 0.327 e. The van der Waals surface area contributed by atoms with Crippen LogP contribution >= 0.6 is 12.6 Å². The quantitative estimate of drug-likeness (QED) is 0.856. The van der Waals surface area contributed by atoms with Crippen molar-refractivity contribution in [1.29, 1.82) is 0 Å². The molecule has 1 saturated heterocycles. The summed E-state index contributed by atoms with van der Waals surface area (Å²) < 4.78 is 15.5. The Morgan fingerprint density at radius 1 is 1.20 bits per heavy atom. The van der Waals surface area contributed by atoms with Crippen molar-refractivity contribution in [2.24, 2.45) is 0 Å². The van der Waals surface area contributed by atoms with E-state index >= 15 is 0 Å². The van der Waals surface area contributed by atoms with E-state index in [2.05, 4.69) is 27.1 Å². The van der Waals surface area contributed by atoms with Crippen LogP contribution in [0.4, 0.5) is 4.39 Å². The van der Waals surface area contributed by atoms with Crippen LogP contribution in [0.3, 0.4) is 0 Å². The SMILES string of the molecule is Fc1ccc2c(c1)nc(CCS)n2CCN1CCCC1. The van der Waals surface area contributed by atoms with Crippen molar-refractivity contribution in [3.05, 3.63) is 29.8 Å². The van der Waals surface area contributed by atoms with Crippen molar-refractivity contribution >= 4 is 23.7 Å². The molecule has 0 N–H and O–H groups in total. The minimum absolute atomic E-state index is 0.223. The fourth-order valence-corrected chi connectivity index (χ4v) is 3.14. The van der Waals surface area contributed by atoms with Gasteiger partial charge in [-0.05, 0) is 43.8 Å². The molecule has 1 aromatic carbocycles. The van der Waals surface area contributed by atoms with Crippen LogP contribution in [0.15, 0.2) is 18.2 Å². The van der Waals surface area contributed by atoms with Gasteiger partial charge in [-0.3, -0.25) is 0 Å². The topological polar surface area (TPSA) is 21.1 Å². The van der Waals surface area contributed by atoms with E-state index in [1.54, 1.807) is 0 Å². The number of halogens is 1. The van der Waals surface area contributed by atoms with Gasteiger partial charge in [0.15, 0.2) is 0 Å². The molecule has 1 fully saturated rings. The number of aryl methyl sites for hydroxylation is 1. The Labute approximate surface area is 124 Å². The summed E-state index contributed by atoms with van der Waals surface area (Å²) in [5.74, 6) is 1.55. The Morgan fingerprint density at radius 2 is 2.00 bits per heavy atom. The molecular weight excluding hydrogens is 273 g/mol. The summed E-state index contributed by atoms with van der Waals surface area (Å²) in [5, 5.41) is 0. The Kier molecular flexibility index (Phi) is 4.27. The van der Waals surface area contributed by atoms with E-state index in [9.17, 15) is 4.39 Å². The monoisotopic (exact) mass is 293 g/mol. The van der Waals surface area contributed by atoms with E-state index in [1.165, 1.54) is 38.1 Å². The number of hydrogen-bond acceptors (Lipinski definition) is 3. The fourth-order valence-electron chi connectivity index (χ4n) is 2.94. The van der Waals surface area contributed by atoms with Gasteiger partial charge in [-0.25, -0.2) is 9.37 Å². The first-order valence-electron chi connectivity index (χ1n) is 7.26. The van der Waals surface area contributed by atoms with Crippen molar-refractivity contribution in [2.45, 2.75) is 25.8 Å². The maximum Gasteiger partial charge on any atom is 0.125 e. The van der Waals surface area contributed by atoms with E-state index in [0.29, 0.717) is 0 Å². The number of rotatable bonds is 5. The molecule has 3 rings (SSSR count). The second kappa shape index (κ2) is 6.14. The summed E-state index contributed by atoms with van der Waals surface area (Å²) >= 11 is 4.30. The maximum absolute atomic E-state index is 13.3. The first-order valence-corrected chi connectivity index (χ1v) is 7.89. The highest BCUT2D eigenvalue weighted by atomic mass is 32.1. The number of nitrogens with zero attached hydrogens (tertiary/aromatic N) is 3. The van der Waals surface area contributed by atoms with E-state index < -0.39 is 0 Å². The minimum Gasteiger partial charge on any atom is -0.327 e. The fraction of sp³-hybridized carbons (Fsp3) is 0.533. The molecule has 1 aromatic heterocycles. The second-order valence-corrected chi connectivity index (χ2v) is 5.78. The Bertz CT molecular complexity index is 590. The van der Waals surface area contributed by atoms with Gasteiger partial charge in [-0.1, -0.05) is 0 Å². The lowest BCUT2D eigenvalue weighted by molar-refractivity contribution is 0.322. The Hall–Kier alpha value is -1.07. The van der Waals surface area contributed by atoms with Crippen molar-refractivity contribution in [3.63, 3.8) is 0 Å². The summed E-state index contributed by atoms with van der Waals surface area (Å²) in [7, 11) is 0. The standard InChI is InChI=1S/C15H20FN3S/c16-12-3-4-14-13(11-12)17-15(5-10-20)19(14)9-8-18-6-1-2-7-18/h3-4,11,20H,1-2,5-10H2. The molecule has 0 saturated carbocycles. The molecule has 1 aliphatic rings. The number of benzene rings is 1. The number of likely N-dealkylation sites (tertiary alicyclic amines) is 1. The molecule has 0 aliphatic carbocycles. The zero-order chi connectivity index (χ0) is 13.9. The van der Waals surface area contributed by atoms with Crippen LogP contribution in [0.5, 0.6) is 0 Å². The first-order chi connectivity index (χ1) is 9.78. The highest BCUT2D eigenvalue weighted by Gasteiger charge is 2.14.